The molecule has 3 heterocycles. The number of nitrogens with one attached hydrogen (secondary N) is 1. The topological polar surface area (TPSA) is 78.2 Å². The van der Waals surface area contributed by atoms with E-state index in [1.807, 2.05) is 0 Å². The van der Waals surface area contributed by atoms with E-state index in [9.17, 15) is 22.8 Å². The van der Waals surface area contributed by atoms with Crippen molar-refractivity contribution in [1.29, 1.82) is 0 Å². The lowest BCUT2D eigenvalue weighted by Crippen LogP contribution is -2.30. The average molecular weight is 418 g/mol. The van der Waals surface area contributed by atoms with Crippen molar-refractivity contribution >= 4 is 11.9 Å². The number of carbonyl (C=O) groups is 2. The van der Waals surface area contributed by atoms with E-state index in [2.05, 4.69) is 10.4 Å². The Labute approximate surface area is 169 Å². The molecule has 156 valence electrons. The van der Waals surface area contributed by atoms with Crippen LogP contribution in [0.2, 0.25) is 0 Å². The van der Waals surface area contributed by atoms with Crippen molar-refractivity contribution in [3.05, 3.63) is 66.1 Å². The van der Waals surface area contributed by atoms with Gasteiger partial charge in [0.05, 0.1) is 23.5 Å². The van der Waals surface area contributed by atoms with E-state index >= 15 is 0 Å². The monoisotopic (exact) mass is 418 g/mol. The number of hydrogen-bond acceptors (Lipinski definition) is 4. The largest absolute Gasteiger partial charge is 0.460 e. The third kappa shape index (κ3) is 3.93. The summed E-state index contributed by atoms with van der Waals surface area (Å²) in [5, 5.41) is 6.84. The molecule has 0 aliphatic carbocycles. The molecule has 1 N–H and O–H groups in total. The molecule has 1 amide bonds. The molecule has 10 heteroatoms. The van der Waals surface area contributed by atoms with E-state index in [-0.39, 0.29) is 35.6 Å². The molecule has 0 saturated carbocycles. The summed E-state index contributed by atoms with van der Waals surface area (Å²) in [7, 11) is 0. The molecular weight excluding hydrogens is 401 g/mol. The van der Waals surface area contributed by atoms with Gasteiger partial charge in [0.1, 0.15) is 12.2 Å². The lowest BCUT2D eigenvalue weighted by Gasteiger charge is -2.14. The number of alkyl halides is 3. The third-order valence-electron chi connectivity index (χ3n) is 4.73. The van der Waals surface area contributed by atoms with E-state index < -0.39 is 17.7 Å². The highest BCUT2D eigenvalue weighted by Crippen LogP contribution is 2.31. The number of nitrogens with zero attached hydrogens (tertiary/aromatic N) is 3. The van der Waals surface area contributed by atoms with E-state index in [0.717, 1.165) is 12.1 Å². The number of rotatable bonds is 5. The number of halogens is 3. The minimum absolute atomic E-state index is 0.00440. The highest BCUT2D eigenvalue weighted by molar-refractivity contribution is 5.93. The Hall–Kier alpha value is -3.56. The molecule has 30 heavy (non-hydrogen) atoms. The molecule has 1 aromatic carbocycles. The zero-order valence-corrected chi connectivity index (χ0v) is 15.6. The summed E-state index contributed by atoms with van der Waals surface area (Å²) in [5.41, 5.74) is -0.585. The van der Waals surface area contributed by atoms with Gasteiger partial charge in [0, 0.05) is 18.8 Å². The van der Waals surface area contributed by atoms with Gasteiger partial charge in [-0.1, -0.05) is 6.07 Å². The minimum atomic E-state index is -4.51. The number of ether oxygens (including phenoxy) is 1. The van der Waals surface area contributed by atoms with Gasteiger partial charge < -0.3 is 14.6 Å². The van der Waals surface area contributed by atoms with Crippen molar-refractivity contribution in [2.24, 2.45) is 0 Å². The Kier molecular flexibility index (Phi) is 5.06. The summed E-state index contributed by atoms with van der Waals surface area (Å²) in [6, 6.07) is 7.85. The molecule has 1 unspecified atom stereocenters. The van der Waals surface area contributed by atoms with E-state index in [1.165, 1.54) is 23.0 Å². The highest BCUT2D eigenvalue weighted by atomic mass is 19.4. The van der Waals surface area contributed by atoms with Gasteiger partial charge in [-0.05, 0) is 36.8 Å². The van der Waals surface area contributed by atoms with Gasteiger partial charge in [-0.25, -0.2) is 9.48 Å². The second-order valence-electron chi connectivity index (χ2n) is 6.83. The Morgan fingerprint density at radius 3 is 2.67 bits per heavy atom. The zero-order valence-electron chi connectivity index (χ0n) is 15.6. The SMILES string of the molecule is O=C1CCC(COC(=O)c2cnn(-c3cccc(C(F)(F)F)c3)c2-n2cccc2)N1. The van der Waals surface area contributed by atoms with Gasteiger partial charge in [0.25, 0.3) is 0 Å². The quantitative estimate of drug-likeness (QED) is 0.646. The highest BCUT2D eigenvalue weighted by Gasteiger charge is 2.31. The molecular formula is C20H17F3N4O3. The number of aromatic nitrogens is 3. The molecule has 0 bridgehead atoms. The number of carbonyl (C=O) groups excluding carboxylic acids is 2. The maximum absolute atomic E-state index is 13.1. The second kappa shape index (κ2) is 7.69. The predicted molar refractivity (Wildman–Crippen MR) is 99.3 cm³/mol. The fourth-order valence-corrected chi connectivity index (χ4v) is 3.27. The molecule has 0 spiro atoms. The maximum Gasteiger partial charge on any atom is 0.416 e. The van der Waals surface area contributed by atoms with Crippen LogP contribution in [0, 0.1) is 0 Å². The molecule has 4 rings (SSSR count). The van der Waals surface area contributed by atoms with Crippen LogP contribution >= 0.6 is 0 Å². The summed E-state index contributed by atoms with van der Waals surface area (Å²) in [4.78, 5) is 24.0. The minimum Gasteiger partial charge on any atom is -0.460 e. The second-order valence-corrected chi connectivity index (χ2v) is 6.83. The molecule has 2 aromatic heterocycles. The van der Waals surface area contributed by atoms with Crippen molar-refractivity contribution in [2.45, 2.75) is 25.1 Å². The number of benzene rings is 1. The van der Waals surface area contributed by atoms with Gasteiger partial charge in [0.15, 0.2) is 5.82 Å². The fraction of sp³-hybridized carbons (Fsp3) is 0.250. The zero-order chi connectivity index (χ0) is 21.3. The lowest BCUT2D eigenvalue weighted by atomic mass is 10.2. The first kappa shape index (κ1) is 19.7. The molecule has 1 atom stereocenters. The average Bonchev–Trinajstić information content (AvgIpc) is 3.45. The summed E-state index contributed by atoms with van der Waals surface area (Å²) in [5.74, 6) is -0.528. The first-order valence-electron chi connectivity index (χ1n) is 9.18. The van der Waals surface area contributed by atoms with Gasteiger partial charge >= 0.3 is 12.1 Å². The van der Waals surface area contributed by atoms with Crippen LogP contribution in [0.5, 0.6) is 0 Å². The van der Waals surface area contributed by atoms with Crippen LogP contribution in [0.15, 0.2) is 55.0 Å². The van der Waals surface area contributed by atoms with Gasteiger partial charge in [-0.3, -0.25) is 4.79 Å². The Balaban J connectivity index is 1.67. The summed E-state index contributed by atoms with van der Waals surface area (Å²) < 4.78 is 47.5. The van der Waals surface area contributed by atoms with Crippen LogP contribution in [0.25, 0.3) is 11.5 Å². The molecule has 3 aromatic rings. The normalized spacial score (nSPS) is 16.5. The van der Waals surface area contributed by atoms with Gasteiger partial charge in [0.2, 0.25) is 5.91 Å². The van der Waals surface area contributed by atoms with E-state index in [4.69, 9.17) is 4.74 Å². The van der Waals surface area contributed by atoms with Crippen molar-refractivity contribution in [3.63, 3.8) is 0 Å². The Bertz CT molecular complexity index is 1070. The van der Waals surface area contributed by atoms with E-state index in [0.29, 0.717) is 12.8 Å². The molecule has 7 nitrogen and oxygen atoms in total. The standard InChI is InChI=1S/C20H17F3N4O3/c21-20(22,23)13-4-3-5-15(10-13)27-18(26-8-1-2-9-26)16(11-24-27)19(29)30-12-14-6-7-17(28)25-14/h1-5,8-11,14H,6-7,12H2,(H,25,28). The molecule has 1 aliphatic rings. The van der Waals surface area contributed by atoms with Crippen LogP contribution in [0.3, 0.4) is 0 Å². The summed E-state index contributed by atoms with van der Waals surface area (Å²) >= 11 is 0. The van der Waals surface area contributed by atoms with Gasteiger partial charge in [-0.15, -0.1) is 0 Å². The van der Waals surface area contributed by atoms with E-state index in [1.54, 1.807) is 29.1 Å². The van der Waals surface area contributed by atoms with Gasteiger partial charge in [-0.2, -0.15) is 18.3 Å². The van der Waals surface area contributed by atoms with Crippen LogP contribution in [0.1, 0.15) is 28.8 Å². The molecule has 1 saturated heterocycles. The first-order valence-corrected chi connectivity index (χ1v) is 9.18. The summed E-state index contributed by atoms with van der Waals surface area (Å²) in [6.45, 7) is 0.00440. The fourth-order valence-electron chi connectivity index (χ4n) is 3.27. The van der Waals surface area contributed by atoms with Crippen LogP contribution in [-0.2, 0) is 15.7 Å². The Morgan fingerprint density at radius 1 is 1.23 bits per heavy atom. The van der Waals surface area contributed by atoms with Crippen LogP contribution < -0.4 is 5.32 Å². The predicted octanol–water partition coefficient (Wildman–Crippen LogP) is 3.12. The van der Waals surface area contributed by atoms with Crippen molar-refractivity contribution < 1.29 is 27.5 Å². The lowest BCUT2D eigenvalue weighted by molar-refractivity contribution is -0.137. The first-order chi connectivity index (χ1) is 14.3. The molecule has 1 fully saturated rings. The number of hydrogen-bond donors (Lipinski definition) is 1. The van der Waals surface area contributed by atoms with Crippen molar-refractivity contribution in [1.82, 2.24) is 19.7 Å². The number of esters is 1. The van der Waals surface area contributed by atoms with Crippen LogP contribution in [0.4, 0.5) is 13.2 Å². The van der Waals surface area contributed by atoms with Crippen LogP contribution in [-0.4, -0.2) is 38.9 Å². The molecule has 0 radical (unpaired) electrons. The summed E-state index contributed by atoms with van der Waals surface area (Å²) in [6.07, 6.45) is 0.990. The maximum atomic E-state index is 13.1. The molecule has 1 aliphatic heterocycles. The third-order valence-corrected chi connectivity index (χ3v) is 4.73. The number of amides is 1. The smallest absolute Gasteiger partial charge is 0.416 e. The van der Waals surface area contributed by atoms with Crippen molar-refractivity contribution in [3.8, 4) is 11.5 Å². The Morgan fingerprint density at radius 2 is 2.00 bits per heavy atom. The van der Waals surface area contributed by atoms with Crippen molar-refractivity contribution in [2.75, 3.05) is 6.61 Å².